The van der Waals surface area contributed by atoms with Gasteiger partial charge in [-0.2, -0.15) is 0 Å². The Hall–Kier alpha value is -1.75. The first-order valence-electron chi connectivity index (χ1n) is 5.66. The summed E-state index contributed by atoms with van der Waals surface area (Å²) in [6, 6.07) is 5.12. The Bertz CT molecular complexity index is 414. The number of nitrogens with one attached hydrogen (secondary N) is 1. The van der Waals surface area contributed by atoms with Crippen LogP contribution in [0.3, 0.4) is 0 Å². The van der Waals surface area contributed by atoms with Crippen molar-refractivity contribution in [3.05, 3.63) is 23.8 Å². The molecular weight excluding hydrogens is 218 g/mol. The third-order valence-electron chi connectivity index (χ3n) is 2.86. The average Bonchev–Trinajstić information content (AvgIpc) is 2.39. The van der Waals surface area contributed by atoms with E-state index in [0.29, 0.717) is 17.0 Å². The number of methoxy groups -OCH3 is 1. The topological polar surface area (TPSA) is 67.6 Å². The molecule has 0 unspecified atom stereocenters. The Morgan fingerprint density at radius 2 is 2.12 bits per heavy atom. The molecule has 1 aliphatic rings. The van der Waals surface area contributed by atoms with E-state index in [4.69, 9.17) is 10.5 Å². The Morgan fingerprint density at radius 1 is 1.41 bits per heavy atom. The van der Waals surface area contributed by atoms with Crippen LogP contribution in [0.15, 0.2) is 18.2 Å². The lowest BCUT2D eigenvalue weighted by molar-refractivity contribution is 0.0732. The normalized spacial score (nSPS) is 15.7. The number of nitrogens with zero attached hydrogens (tertiary/aromatic N) is 1. The van der Waals surface area contributed by atoms with Crippen LogP contribution in [0.5, 0.6) is 5.75 Å². The van der Waals surface area contributed by atoms with Crippen LogP contribution in [0.1, 0.15) is 10.4 Å². The quantitative estimate of drug-likeness (QED) is 0.725. The fraction of sp³-hybridized carbons (Fsp3) is 0.417. The van der Waals surface area contributed by atoms with Crippen LogP contribution in [-0.4, -0.2) is 44.1 Å². The highest BCUT2D eigenvalue weighted by molar-refractivity contribution is 5.97. The summed E-state index contributed by atoms with van der Waals surface area (Å²) >= 11 is 0. The highest BCUT2D eigenvalue weighted by atomic mass is 16.5. The van der Waals surface area contributed by atoms with Gasteiger partial charge in [0.25, 0.3) is 5.91 Å². The molecule has 0 radical (unpaired) electrons. The van der Waals surface area contributed by atoms with Crippen molar-refractivity contribution in [3.63, 3.8) is 0 Å². The lowest BCUT2D eigenvalue weighted by Gasteiger charge is -2.28. The Labute approximate surface area is 101 Å². The highest BCUT2D eigenvalue weighted by Crippen LogP contribution is 2.23. The van der Waals surface area contributed by atoms with Gasteiger partial charge in [0.2, 0.25) is 0 Å². The van der Waals surface area contributed by atoms with E-state index in [9.17, 15) is 4.79 Å². The van der Waals surface area contributed by atoms with E-state index >= 15 is 0 Å². The van der Waals surface area contributed by atoms with Crippen LogP contribution >= 0.6 is 0 Å². The molecule has 1 saturated heterocycles. The molecule has 1 aromatic rings. The van der Waals surface area contributed by atoms with Crippen LogP contribution < -0.4 is 15.8 Å². The van der Waals surface area contributed by atoms with Crippen LogP contribution in [0.4, 0.5) is 5.69 Å². The number of carbonyl (C=O) groups is 1. The molecule has 5 heteroatoms. The summed E-state index contributed by atoms with van der Waals surface area (Å²) in [5, 5.41) is 3.21. The molecule has 0 atom stereocenters. The number of piperazine rings is 1. The molecule has 1 aliphatic heterocycles. The van der Waals surface area contributed by atoms with Gasteiger partial charge in [-0.1, -0.05) is 0 Å². The largest absolute Gasteiger partial charge is 0.496 e. The highest BCUT2D eigenvalue weighted by Gasteiger charge is 2.20. The van der Waals surface area contributed by atoms with E-state index in [1.54, 1.807) is 25.3 Å². The van der Waals surface area contributed by atoms with Crippen molar-refractivity contribution >= 4 is 11.6 Å². The molecule has 1 heterocycles. The van der Waals surface area contributed by atoms with Crippen LogP contribution in [-0.2, 0) is 0 Å². The number of nitrogens with two attached hydrogens (primary N) is 1. The third-order valence-corrected chi connectivity index (χ3v) is 2.86. The van der Waals surface area contributed by atoms with Crippen molar-refractivity contribution in [2.24, 2.45) is 0 Å². The second kappa shape index (κ2) is 5.05. The molecule has 2 rings (SSSR count). The van der Waals surface area contributed by atoms with E-state index in [0.717, 1.165) is 26.2 Å². The fourth-order valence-electron chi connectivity index (χ4n) is 1.92. The van der Waals surface area contributed by atoms with Gasteiger partial charge < -0.3 is 20.7 Å². The second-order valence-corrected chi connectivity index (χ2v) is 4.00. The number of rotatable bonds is 2. The van der Waals surface area contributed by atoms with Gasteiger partial charge in [0.15, 0.2) is 0 Å². The van der Waals surface area contributed by atoms with Gasteiger partial charge in [-0.3, -0.25) is 4.79 Å². The molecule has 1 amide bonds. The number of nitrogen functional groups attached to an aromatic ring is 1. The minimum atomic E-state index is 0.00310. The molecule has 5 nitrogen and oxygen atoms in total. The monoisotopic (exact) mass is 235 g/mol. The Morgan fingerprint density at radius 3 is 2.76 bits per heavy atom. The van der Waals surface area contributed by atoms with E-state index in [1.807, 2.05) is 4.90 Å². The van der Waals surface area contributed by atoms with Crippen molar-refractivity contribution in [3.8, 4) is 5.75 Å². The van der Waals surface area contributed by atoms with E-state index in [2.05, 4.69) is 5.32 Å². The zero-order valence-corrected chi connectivity index (χ0v) is 9.90. The van der Waals surface area contributed by atoms with Gasteiger partial charge >= 0.3 is 0 Å². The third kappa shape index (κ3) is 2.50. The first kappa shape index (κ1) is 11.7. The number of amides is 1. The van der Waals surface area contributed by atoms with Gasteiger partial charge in [0.1, 0.15) is 5.75 Å². The van der Waals surface area contributed by atoms with Gasteiger partial charge in [-0.05, 0) is 12.1 Å². The lowest BCUT2D eigenvalue weighted by atomic mass is 10.1. The molecule has 17 heavy (non-hydrogen) atoms. The fourth-order valence-corrected chi connectivity index (χ4v) is 1.92. The standard InChI is InChI=1S/C12H17N3O2/c1-17-11-8-9(13)2-3-10(11)12(16)15-6-4-14-5-7-15/h2-3,8,14H,4-7,13H2,1H3. The van der Waals surface area contributed by atoms with Crippen molar-refractivity contribution in [2.75, 3.05) is 39.0 Å². The summed E-state index contributed by atoms with van der Waals surface area (Å²) < 4.78 is 5.19. The van der Waals surface area contributed by atoms with Crippen molar-refractivity contribution in [1.29, 1.82) is 0 Å². The molecule has 0 aliphatic carbocycles. The molecule has 0 spiro atoms. The van der Waals surface area contributed by atoms with Gasteiger partial charge in [0.05, 0.1) is 12.7 Å². The van der Waals surface area contributed by atoms with Crippen LogP contribution in [0.25, 0.3) is 0 Å². The summed E-state index contributed by atoms with van der Waals surface area (Å²) in [6.45, 7) is 3.13. The van der Waals surface area contributed by atoms with Crippen molar-refractivity contribution in [2.45, 2.75) is 0 Å². The van der Waals surface area contributed by atoms with Gasteiger partial charge in [-0.15, -0.1) is 0 Å². The maximum atomic E-state index is 12.3. The molecule has 0 aromatic heterocycles. The number of hydrogen-bond acceptors (Lipinski definition) is 4. The maximum absolute atomic E-state index is 12.3. The molecular formula is C12H17N3O2. The number of benzene rings is 1. The first-order valence-corrected chi connectivity index (χ1v) is 5.66. The van der Waals surface area contributed by atoms with Crippen molar-refractivity contribution < 1.29 is 9.53 Å². The summed E-state index contributed by atoms with van der Waals surface area (Å²) in [4.78, 5) is 14.1. The van der Waals surface area contributed by atoms with Crippen LogP contribution in [0.2, 0.25) is 0 Å². The van der Waals surface area contributed by atoms with Crippen molar-refractivity contribution in [1.82, 2.24) is 10.2 Å². The average molecular weight is 235 g/mol. The SMILES string of the molecule is COc1cc(N)ccc1C(=O)N1CCNCC1. The van der Waals surface area contributed by atoms with E-state index < -0.39 is 0 Å². The lowest BCUT2D eigenvalue weighted by Crippen LogP contribution is -2.46. The Kier molecular flexibility index (Phi) is 3.49. The summed E-state index contributed by atoms with van der Waals surface area (Å²) in [5.41, 5.74) is 6.84. The summed E-state index contributed by atoms with van der Waals surface area (Å²) in [6.07, 6.45) is 0. The molecule has 1 aromatic carbocycles. The minimum absolute atomic E-state index is 0.00310. The maximum Gasteiger partial charge on any atom is 0.257 e. The molecule has 1 fully saturated rings. The van der Waals surface area contributed by atoms with Gasteiger partial charge in [0, 0.05) is 37.9 Å². The zero-order chi connectivity index (χ0) is 12.3. The molecule has 92 valence electrons. The molecule has 0 saturated carbocycles. The number of hydrogen-bond donors (Lipinski definition) is 2. The smallest absolute Gasteiger partial charge is 0.257 e. The summed E-state index contributed by atoms with van der Waals surface area (Å²) in [7, 11) is 1.54. The van der Waals surface area contributed by atoms with E-state index in [-0.39, 0.29) is 5.91 Å². The predicted molar refractivity (Wildman–Crippen MR) is 66.2 cm³/mol. The first-order chi connectivity index (χ1) is 8.22. The zero-order valence-electron chi connectivity index (χ0n) is 9.90. The van der Waals surface area contributed by atoms with E-state index in [1.165, 1.54) is 0 Å². The minimum Gasteiger partial charge on any atom is -0.496 e. The second-order valence-electron chi connectivity index (χ2n) is 4.00. The number of carbonyl (C=O) groups excluding carboxylic acids is 1. The predicted octanol–water partition coefficient (Wildman–Crippen LogP) is 0.323. The number of ether oxygens (including phenoxy) is 1. The summed E-state index contributed by atoms with van der Waals surface area (Å²) in [5.74, 6) is 0.539. The molecule has 3 N–H and O–H groups in total. The molecule has 0 bridgehead atoms. The Balaban J connectivity index is 2.23. The number of anilines is 1. The van der Waals surface area contributed by atoms with Gasteiger partial charge in [-0.25, -0.2) is 0 Å². The van der Waals surface area contributed by atoms with Crippen LogP contribution in [0, 0.1) is 0 Å².